The quantitative estimate of drug-likeness (QED) is 0.825. The Labute approximate surface area is 103 Å². The van der Waals surface area contributed by atoms with Gasteiger partial charge >= 0.3 is 0 Å². The Balaban J connectivity index is 2.11. The van der Waals surface area contributed by atoms with Gasteiger partial charge in [0, 0.05) is 44.0 Å². The summed E-state index contributed by atoms with van der Waals surface area (Å²) in [5.74, 6) is 0. The van der Waals surface area contributed by atoms with Gasteiger partial charge in [-0.2, -0.15) is 0 Å². The molecule has 1 aromatic rings. The molecule has 0 saturated carbocycles. The second-order valence-electron chi connectivity index (χ2n) is 6.29. The SMILES string of the molecule is Cn1cc(CN2CC(C)(C)NCC2(C)C)nn1. The lowest BCUT2D eigenvalue weighted by atomic mass is 9.91. The topological polar surface area (TPSA) is 46.0 Å². The maximum absolute atomic E-state index is 4.17. The number of nitrogens with one attached hydrogen (secondary N) is 1. The number of hydrogen-bond donors (Lipinski definition) is 1. The van der Waals surface area contributed by atoms with Gasteiger partial charge in [-0.3, -0.25) is 9.58 Å². The molecule has 2 rings (SSSR count). The van der Waals surface area contributed by atoms with Gasteiger partial charge in [-0.1, -0.05) is 5.21 Å². The molecule has 1 fully saturated rings. The van der Waals surface area contributed by atoms with Crippen molar-refractivity contribution in [1.82, 2.24) is 25.2 Å². The fourth-order valence-corrected chi connectivity index (χ4v) is 2.25. The molecule has 96 valence electrons. The van der Waals surface area contributed by atoms with Crippen LogP contribution in [0.4, 0.5) is 0 Å². The number of nitrogens with zero attached hydrogens (tertiary/aromatic N) is 4. The molecule has 1 aliphatic heterocycles. The summed E-state index contributed by atoms with van der Waals surface area (Å²) in [5, 5.41) is 11.8. The van der Waals surface area contributed by atoms with E-state index in [9.17, 15) is 0 Å². The van der Waals surface area contributed by atoms with Gasteiger partial charge < -0.3 is 5.32 Å². The summed E-state index contributed by atoms with van der Waals surface area (Å²) in [5.41, 5.74) is 1.36. The molecule has 1 aromatic heterocycles. The van der Waals surface area contributed by atoms with E-state index >= 15 is 0 Å². The zero-order valence-corrected chi connectivity index (χ0v) is 11.5. The summed E-state index contributed by atoms with van der Waals surface area (Å²) >= 11 is 0. The van der Waals surface area contributed by atoms with E-state index in [0.29, 0.717) is 0 Å². The zero-order valence-electron chi connectivity index (χ0n) is 11.5. The largest absolute Gasteiger partial charge is 0.309 e. The fourth-order valence-electron chi connectivity index (χ4n) is 2.25. The van der Waals surface area contributed by atoms with Crippen molar-refractivity contribution in [3.05, 3.63) is 11.9 Å². The standard InChI is InChI=1S/C12H23N5/c1-11(2)9-17(12(3,4)8-13-11)7-10-6-16(5)15-14-10/h6,13H,7-9H2,1-5H3. The highest BCUT2D eigenvalue weighted by Crippen LogP contribution is 2.24. The Hall–Kier alpha value is -0.940. The maximum Gasteiger partial charge on any atom is 0.0967 e. The minimum absolute atomic E-state index is 0.160. The average Bonchev–Trinajstić information content (AvgIpc) is 2.59. The molecule has 0 radical (unpaired) electrons. The van der Waals surface area contributed by atoms with E-state index in [1.54, 1.807) is 4.68 Å². The summed E-state index contributed by atoms with van der Waals surface area (Å²) < 4.78 is 1.76. The van der Waals surface area contributed by atoms with Crippen LogP contribution < -0.4 is 5.32 Å². The number of piperazine rings is 1. The number of rotatable bonds is 2. The van der Waals surface area contributed by atoms with E-state index in [-0.39, 0.29) is 11.1 Å². The maximum atomic E-state index is 4.17. The highest BCUT2D eigenvalue weighted by atomic mass is 15.4. The molecule has 0 atom stereocenters. The smallest absolute Gasteiger partial charge is 0.0967 e. The highest BCUT2D eigenvalue weighted by molar-refractivity contribution is 5.01. The molecule has 0 bridgehead atoms. The second kappa shape index (κ2) is 4.07. The molecule has 1 saturated heterocycles. The van der Waals surface area contributed by atoms with Crippen LogP contribution in [0.3, 0.4) is 0 Å². The van der Waals surface area contributed by atoms with E-state index in [1.165, 1.54) is 0 Å². The monoisotopic (exact) mass is 237 g/mol. The van der Waals surface area contributed by atoms with E-state index in [4.69, 9.17) is 0 Å². The molecule has 5 nitrogen and oxygen atoms in total. The van der Waals surface area contributed by atoms with Gasteiger partial charge in [-0.05, 0) is 27.7 Å². The van der Waals surface area contributed by atoms with Crippen molar-refractivity contribution in [1.29, 1.82) is 0 Å². The molecule has 0 aliphatic carbocycles. The van der Waals surface area contributed by atoms with E-state index in [2.05, 4.69) is 48.2 Å². The van der Waals surface area contributed by atoms with Gasteiger partial charge in [-0.25, -0.2) is 0 Å². The Morgan fingerprint density at radius 2 is 2.06 bits per heavy atom. The first-order chi connectivity index (χ1) is 7.78. The second-order valence-corrected chi connectivity index (χ2v) is 6.29. The van der Waals surface area contributed by atoms with Crippen molar-refractivity contribution in [3.8, 4) is 0 Å². The molecule has 0 unspecified atom stereocenters. The van der Waals surface area contributed by atoms with E-state index < -0.39 is 0 Å². The van der Waals surface area contributed by atoms with Gasteiger partial charge in [0.1, 0.15) is 0 Å². The highest BCUT2D eigenvalue weighted by Gasteiger charge is 2.37. The molecule has 1 N–H and O–H groups in total. The Kier molecular flexibility index (Phi) is 2.99. The van der Waals surface area contributed by atoms with Crippen LogP contribution in [0, 0.1) is 0 Å². The van der Waals surface area contributed by atoms with Crippen LogP contribution in [-0.2, 0) is 13.6 Å². The predicted octanol–water partition coefficient (Wildman–Crippen LogP) is 0.777. The van der Waals surface area contributed by atoms with Crippen molar-refractivity contribution in [2.45, 2.75) is 45.3 Å². The van der Waals surface area contributed by atoms with Gasteiger partial charge in [0.25, 0.3) is 0 Å². The van der Waals surface area contributed by atoms with Crippen molar-refractivity contribution in [3.63, 3.8) is 0 Å². The lowest BCUT2D eigenvalue weighted by Crippen LogP contribution is -2.65. The number of aryl methyl sites for hydroxylation is 1. The normalized spacial score (nSPS) is 23.8. The zero-order chi connectivity index (χ0) is 12.7. The minimum Gasteiger partial charge on any atom is -0.309 e. The van der Waals surface area contributed by atoms with Crippen LogP contribution in [0.25, 0.3) is 0 Å². The van der Waals surface area contributed by atoms with Crippen molar-refractivity contribution < 1.29 is 0 Å². The Morgan fingerprint density at radius 3 is 2.65 bits per heavy atom. The lowest BCUT2D eigenvalue weighted by molar-refractivity contribution is 0.0313. The van der Waals surface area contributed by atoms with Crippen molar-refractivity contribution in [2.75, 3.05) is 13.1 Å². The average molecular weight is 237 g/mol. The summed E-state index contributed by atoms with van der Waals surface area (Å²) in [6.45, 7) is 11.9. The molecule has 1 aliphatic rings. The third kappa shape index (κ3) is 2.84. The van der Waals surface area contributed by atoms with Gasteiger partial charge in [0.2, 0.25) is 0 Å². The van der Waals surface area contributed by atoms with Crippen LogP contribution in [0.5, 0.6) is 0 Å². The van der Waals surface area contributed by atoms with Crippen LogP contribution in [0.2, 0.25) is 0 Å². The van der Waals surface area contributed by atoms with Gasteiger partial charge in [0.15, 0.2) is 0 Å². The van der Waals surface area contributed by atoms with Crippen molar-refractivity contribution in [2.24, 2.45) is 7.05 Å². The Morgan fingerprint density at radius 1 is 1.35 bits per heavy atom. The van der Waals surface area contributed by atoms with E-state index in [0.717, 1.165) is 25.3 Å². The lowest BCUT2D eigenvalue weighted by Gasteiger charge is -2.49. The molecule has 17 heavy (non-hydrogen) atoms. The molecule has 2 heterocycles. The van der Waals surface area contributed by atoms with Crippen molar-refractivity contribution >= 4 is 0 Å². The first-order valence-electron chi connectivity index (χ1n) is 6.14. The first kappa shape index (κ1) is 12.5. The summed E-state index contributed by atoms with van der Waals surface area (Å²) in [7, 11) is 1.91. The number of hydrogen-bond acceptors (Lipinski definition) is 4. The van der Waals surface area contributed by atoms with Gasteiger partial charge in [-0.15, -0.1) is 5.10 Å². The van der Waals surface area contributed by atoms with Crippen LogP contribution in [0.1, 0.15) is 33.4 Å². The Bertz CT molecular complexity index is 393. The van der Waals surface area contributed by atoms with Gasteiger partial charge in [0.05, 0.1) is 5.69 Å². The minimum atomic E-state index is 0.160. The van der Waals surface area contributed by atoms with Crippen LogP contribution in [-0.4, -0.2) is 44.1 Å². The van der Waals surface area contributed by atoms with E-state index in [1.807, 2.05) is 13.2 Å². The number of aromatic nitrogens is 3. The molecular formula is C12H23N5. The molecule has 5 heteroatoms. The third-order valence-electron chi connectivity index (χ3n) is 3.44. The third-order valence-corrected chi connectivity index (χ3v) is 3.44. The molecule has 0 amide bonds. The van der Waals surface area contributed by atoms with Crippen LogP contribution in [0.15, 0.2) is 6.20 Å². The first-order valence-corrected chi connectivity index (χ1v) is 6.14. The summed E-state index contributed by atoms with van der Waals surface area (Å²) in [6, 6.07) is 0. The van der Waals surface area contributed by atoms with Crippen LogP contribution >= 0.6 is 0 Å². The summed E-state index contributed by atoms with van der Waals surface area (Å²) in [4.78, 5) is 2.48. The molecule has 0 aromatic carbocycles. The predicted molar refractivity (Wildman–Crippen MR) is 67.6 cm³/mol. The molecular weight excluding hydrogens is 214 g/mol. The molecule has 0 spiro atoms. The fraction of sp³-hybridized carbons (Fsp3) is 0.833. The summed E-state index contributed by atoms with van der Waals surface area (Å²) in [6.07, 6.45) is 1.99.